The van der Waals surface area contributed by atoms with Gasteiger partial charge >= 0.3 is 12.0 Å². The molecular weight excluding hydrogens is 891 g/mol. The number of anilines is 1. The number of nitrogens with one attached hydrogen (secondary N) is 3. The van der Waals surface area contributed by atoms with Crippen molar-refractivity contribution in [2.75, 3.05) is 44.2 Å². The molecule has 4 amide bonds. The number of β-amino-alcohol motifs (C(OH)–C–C–N with tert-alkyl or cyclic N) is 1. The van der Waals surface area contributed by atoms with E-state index >= 15 is 0 Å². The first-order valence-corrected chi connectivity index (χ1v) is 24.3. The van der Waals surface area contributed by atoms with Crippen molar-refractivity contribution in [2.24, 2.45) is 5.41 Å². The Bertz CT molecular complexity index is 2780. The third kappa shape index (κ3) is 9.99. The number of hydrogen-bond donors (Lipinski definition) is 6. The van der Waals surface area contributed by atoms with Crippen molar-refractivity contribution in [1.82, 2.24) is 50.5 Å². The van der Waals surface area contributed by atoms with Gasteiger partial charge < -0.3 is 50.5 Å². The van der Waals surface area contributed by atoms with Crippen molar-refractivity contribution in [1.29, 1.82) is 0 Å². The number of aliphatic hydroxyl groups is 1. The molecule has 5 aromatic rings. The number of H-pyrrole nitrogens is 1. The number of benzene rings is 2. The number of carboxylic acid groups (broad SMARTS) is 1. The summed E-state index contributed by atoms with van der Waals surface area (Å²) < 4.78 is 0. The van der Waals surface area contributed by atoms with Crippen LogP contribution in [0.2, 0.25) is 0 Å². The quantitative estimate of drug-likeness (QED) is 0.0931. The summed E-state index contributed by atoms with van der Waals surface area (Å²) in [6, 6.07) is 13.7. The Morgan fingerprint density at radius 2 is 1.67 bits per heavy atom. The van der Waals surface area contributed by atoms with E-state index < -0.39 is 53.8 Å². The summed E-state index contributed by atoms with van der Waals surface area (Å²) in [7, 11) is 0. The molecule has 0 saturated carbocycles. The van der Waals surface area contributed by atoms with Gasteiger partial charge in [-0.05, 0) is 93.1 Å². The van der Waals surface area contributed by atoms with E-state index in [2.05, 4.69) is 48.5 Å². The van der Waals surface area contributed by atoms with Crippen molar-refractivity contribution in [3.63, 3.8) is 0 Å². The minimum Gasteiger partial charge on any atom is -0.507 e. The summed E-state index contributed by atoms with van der Waals surface area (Å²) in [5, 5.41) is 46.5. The number of carbonyl (C=O) groups excluding carboxylic acids is 3. The van der Waals surface area contributed by atoms with E-state index in [1.54, 1.807) is 55.1 Å². The fourth-order valence-corrected chi connectivity index (χ4v) is 10.9. The number of urea groups is 1. The molecule has 18 nitrogen and oxygen atoms in total. The number of aliphatic carboxylic acids is 1. The molecule has 366 valence electrons. The second-order valence-corrected chi connectivity index (χ2v) is 19.9. The average Bonchev–Trinajstić information content (AvgIpc) is 3.95. The largest absolute Gasteiger partial charge is 0.507 e. The Kier molecular flexibility index (Phi) is 13.8. The Hall–Kier alpha value is -7.10. The van der Waals surface area contributed by atoms with Gasteiger partial charge in [0.15, 0.2) is 5.65 Å². The number of terminal acetylenes is 1. The minimum atomic E-state index is -1.28. The first kappa shape index (κ1) is 47.9. The van der Waals surface area contributed by atoms with Crippen molar-refractivity contribution in [3.05, 3.63) is 94.9 Å². The molecule has 4 atom stereocenters. The highest BCUT2D eigenvalue weighted by Crippen LogP contribution is 2.39. The topological polar surface area (TPSA) is 233 Å². The van der Waals surface area contributed by atoms with E-state index in [0.717, 1.165) is 79.5 Å². The first-order chi connectivity index (χ1) is 33.7. The summed E-state index contributed by atoms with van der Waals surface area (Å²) in [6.45, 7) is 8.90. The van der Waals surface area contributed by atoms with Crippen molar-refractivity contribution < 1.29 is 34.5 Å². The van der Waals surface area contributed by atoms with E-state index in [0.29, 0.717) is 47.4 Å². The van der Waals surface area contributed by atoms with E-state index in [1.165, 1.54) is 4.90 Å². The molecule has 0 aliphatic carbocycles. The van der Waals surface area contributed by atoms with Crippen LogP contribution in [0.5, 0.6) is 5.75 Å². The van der Waals surface area contributed by atoms with Gasteiger partial charge in [0.2, 0.25) is 17.8 Å². The smallest absolute Gasteiger partial charge is 0.318 e. The van der Waals surface area contributed by atoms with Crippen LogP contribution in [0.3, 0.4) is 0 Å². The minimum absolute atomic E-state index is 0.00681. The van der Waals surface area contributed by atoms with Crippen molar-refractivity contribution >= 4 is 40.8 Å². The zero-order valence-corrected chi connectivity index (χ0v) is 39.8. The van der Waals surface area contributed by atoms with Gasteiger partial charge in [0.25, 0.3) is 0 Å². The van der Waals surface area contributed by atoms with Gasteiger partial charge in [-0.25, -0.2) is 14.8 Å². The van der Waals surface area contributed by atoms with E-state index in [1.807, 2.05) is 30.6 Å². The number of phenolic OH excluding ortho intramolecular Hbond substituents is 1. The van der Waals surface area contributed by atoms with Crippen LogP contribution in [0.4, 0.5) is 10.7 Å². The molecule has 3 aromatic heterocycles. The number of aliphatic hydroxyl groups excluding tert-OH is 1. The number of carbonyl (C=O) groups is 4. The van der Waals surface area contributed by atoms with Gasteiger partial charge in [0, 0.05) is 97.2 Å². The molecule has 9 rings (SSSR count). The summed E-state index contributed by atoms with van der Waals surface area (Å²) in [6.07, 6.45) is 12.2. The number of likely N-dealkylation sites (tertiary alicyclic amines) is 3. The van der Waals surface area contributed by atoms with Gasteiger partial charge in [-0.2, -0.15) is 0 Å². The lowest BCUT2D eigenvalue weighted by molar-refractivity contribution is -0.145. The van der Waals surface area contributed by atoms with E-state index in [4.69, 9.17) is 16.4 Å². The molecular formula is C52H61N11O7. The molecule has 3 fully saturated rings. The highest BCUT2D eigenvalue weighted by atomic mass is 16.4. The number of aromatic hydroxyl groups is 1. The molecule has 0 spiro atoms. The SMILES string of the molecule is C#Cc1ccc(CNC(=O)[C@@H]2C[C@@H](O)CN2C(=O)[C@@H](NC(=O)N2CCC(N3CCC(c4cnc(N5CCc6[nH]c7nnc(-c8ccccc8O)cc7c6[C@H]5C)nc4)CC3)CC2)C(C)(C)CC(=O)O)cc1. The highest BCUT2D eigenvalue weighted by Gasteiger charge is 2.47. The molecule has 70 heavy (non-hydrogen) atoms. The number of phenols is 1. The normalized spacial score (nSPS) is 20.7. The van der Waals surface area contributed by atoms with Gasteiger partial charge in [0.1, 0.15) is 17.8 Å². The van der Waals surface area contributed by atoms with Crippen LogP contribution < -0.4 is 15.5 Å². The lowest BCUT2D eigenvalue weighted by Gasteiger charge is -2.42. The summed E-state index contributed by atoms with van der Waals surface area (Å²) in [4.78, 5) is 74.8. The third-order valence-electron chi connectivity index (χ3n) is 14.9. The monoisotopic (exact) mass is 951 g/mol. The summed E-state index contributed by atoms with van der Waals surface area (Å²) in [5.74, 6) is 1.49. The molecule has 6 N–H and O–H groups in total. The second-order valence-electron chi connectivity index (χ2n) is 19.9. The van der Waals surface area contributed by atoms with Crippen LogP contribution in [0.25, 0.3) is 22.3 Å². The Labute approximate surface area is 406 Å². The summed E-state index contributed by atoms with van der Waals surface area (Å²) >= 11 is 0. The van der Waals surface area contributed by atoms with Crippen LogP contribution in [0.1, 0.15) is 99.2 Å². The molecule has 2 aromatic carbocycles. The lowest BCUT2D eigenvalue weighted by atomic mass is 9.80. The number of aromatic nitrogens is 5. The fraction of sp³-hybridized carbons (Fsp3) is 0.462. The van der Waals surface area contributed by atoms with Crippen LogP contribution in [0, 0.1) is 17.8 Å². The molecule has 7 heterocycles. The number of para-hydroxylation sites is 1. The number of nitrogens with zero attached hydrogens (tertiary/aromatic N) is 8. The van der Waals surface area contributed by atoms with Gasteiger partial charge in [-0.15, -0.1) is 16.6 Å². The number of rotatable bonds is 12. The number of aromatic amines is 1. The summed E-state index contributed by atoms with van der Waals surface area (Å²) in [5.41, 5.74) is 5.60. The molecule has 0 unspecified atom stereocenters. The zero-order chi connectivity index (χ0) is 49.3. The molecule has 0 radical (unpaired) electrons. The van der Waals surface area contributed by atoms with Crippen LogP contribution in [-0.4, -0.2) is 142 Å². The molecule has 0 bridgehead atoms. The Morgan fingerprint density at radius 3 is 2.36 bits per heavy atom. The molecule has 18 heteroatoms. The number of carboxylic acids is 1. The maximum Gasteiger partial charge on any atom is 0.318 e. The van der Waals surface area contributed by atoms with E-state index in [-0.39, 0.29) is 37.3 Å². The third-order valence-corrected chi connectivity index (χ3v) is 14.9. The standard InChI is InChI=1S/C52H61N11O7/c1-5-32-10-12-33(13-11-32)27-53-48(68)42-24-37(64)30-63(42)49(69)46(52(3,4)26-44(66)67)57-51(70)61-21-16-36(17-22-61)60-19-14-34(15-20-60)35-28-54-50(55-29-35)62-23-18-40-45(31(62)2)39-25-41(58-59-47(39)56-40)38-8-6-7-9-43(38)65/h1,6-13,25,28-29,31,34,36-37,42,46,64-65H,14-24,26-27,30H2,2-4H3,(H,53,68)(H,56,59)(H,57,70)(H,66,67)/t31-,37-,42+,46-/m1/s1. The number of fused-ring (bicyclic) bond motifs is 3. The Morgan fingerprint density at radius 1 is 0.957 bits per heavy atom. The van der Waals surface area contributed by atoms with Gasteiger partial charge in [-0.3, -0.25) is 14.4 Å². The molecule has 4 aliphatic rings. The Balaban J connectivity index is 0.780. The van der Waals surface area contributed by atoms with Crippen LogP contribution in [-0.2, 0) is 27.3 Å². The van der Waals surface area contributed by atoms with Crippen molar-refractivity contribution in [2.45, 2.75) is 108 Å². The average molecular weight is 952 g/mol. The van der Waals surface area contributed by atoms with Crippen LogP contribution in [0.15, 0.2) is 67.0 Å². The van der Waals surface area contributed by atoms with Gasteiger partial charge in [-0.1, -0.05) is 44.0 Å². The van der Waals surface area contributed by atoms with Crippen LogP contribution >= 0.6 is 0 Å². The maximum absolute atomic E-state index is 14.4. The predicted molar refractivity (Wildman–Crippen MR) is 261 cm³/mol. The highest BCUT2D eigenvalue weighted by molar-refractivity contribution is 5.93. The molecule has 3 saturated heterocycles. The fourth-order valence-electron chi connectivity index (χ4n) is 10.9. The zero-order valence-electron chi connectivity index (χ0n) is 39.8. The number of amides is 4. The maximum atomic E-state index is 14.4. The van der Waals surface area contributed by atoms with E-state index in [9.17, 15) is 34.5 Å². The van der Waals surface area contributed by atoms with Gasteiger partial charge in [0.05, 0.1) is 24.3 Å². The number of piperidine rings is 2. The predicted octanol–water partition coefficient (Wildman–Crippen LogP) is 4.73. The molecule has 4 aliphatic heterocycles. The first-order valence-electron chi connectivity index (χ1n) is 24.3. The number of hydrogen-bond acceptors (Lipinski definition) is 12. The van der Waals surface area contributed by atoms with Crippen molar-refractivity contribution in [3.8, 4) is 29.4 Å². The second kappa shape index (κ2) is 20.1. The lowest BCUT2D eigenvalue weighted by Crippen LogP contribution is -2.61.